The van der Waals surface area contributed by atoms with E-state index in [2.05, 4.69) is 12.2 Å². The Labute approximate surface area is 126 Å². The van der Waals surface area contributed by atoms with Gasteiger partial charge in [-0.15, -0.1) is 0 Å². The first-order chi connectivity index (χ1) is 10.3. The quantitative estimate of drug-likeness (QED) is 0.731. The molecule has 0 aliphatic rings. The van der Waals surface area contributed by atoms with Crippen molar-refractivity contribution in [2.75, 3.05) is 6.61 Å². The van der Waals surface area contributed by atoms with Gasteiger partial charge in [-0.2, -0.15) is 0 Å². The molecule has 2 rings (SSSR count). The topological polar surface area (TPSA) is 26.3 Å². The predicted molar refractivity (Wildman–Crippen MR) is 85.9 cm³/mol. The van der Waals surface area contributed by atoms with Gasteiger partial charge in [-0.3, -0.25) is 4.79 Å². The summed E-state index contributed by atoms with van der Waals surface area (Å²) in [5, 5.41) is 0. The summed E-state index contributed by atoms with van der Waals surface area (Å²) in [6.45, 7) is 2.25. The molecule has 0 N–H and O–H groups in total. The van der Waals surface area contributed by atoms with Gasteiger partial charge in [-0.1, -0.05) is 72.8 Å². The Balaban J connectivity index is 2.16. The Kier molecular flexibility index (Phi) is 5.77. The van der Waals surface area contributed by atoms with Crippen LogP contribution in [0.5, 0.6) is 0 Å². The molecule has 0 aliphatic heterocycles. The molecule has 2 heteroatoms. The molecule has 0 heterocycles. The molecule has 0 aliphatic carbocycles. The zero-order chi connectivity index (χ0) is 14.9. The van der Waals surface area contributed by atoms with Gasteiger partial charge >= 0.3 is 5.97 Å². The molecule has 1 atom stereocenters. The summed E-state index contributed by atoms with van der Waals surface area (Å²) in [5.41, 5.74) is 2.25. The van der Waals surface area contributed by atoms with E-state index in [4.69, 9.17) is 4.74 Å². The number of esters is 1. The van der Waals surface area contributed by atoms with E-state index < -0.39 is 0 Å². The van der Waals surface area contributed by atoms with Crippen molar-refractivity contribution >= 4 is 12.0 Å². The van der Waals surface area contributed by atoms with Crippen LogP contribution >= 0.6 is 0 Å². The van der Waals surface area contributed by atoms with Crippen LogP contribution in [0.15, 0.2) is 66.7 Å². The summed E-state index contributed by atoms with van der Waals surface area (Å²) in [6.07, 6.45) is 4.49. The molecular weight excluding hydrogens is 260 g/mol. The second-order valence-electron chi connectivity index (χ2n) is 4.80. The van der Waals surface area contributed by atoms with Crippen LogP contribution in [-0.2, 0) is 9.53 Å². The van der Waals surface area contributed by atoms with Gasteiger partial charge < -0.3 is 4.74 Å². The third-order valence-electron chi connectivity index (χ3n) is 3.24. The lowest BCUT2D eigenvalue weighted by Crippen LogP contribution is -2.09. The molecule has 1 unspecified atom stereocenters. The number of carbonyl (C=O) groups excluding carboxylic acids is 1. The normalized spacial score (nSPS) is 12.2. The molecule has 0 amide bonds. The molecule has 2 aromatic rings. The Hall–Kier alpha value is -2.35. The summed E-state index contributed by atoms with van der Waals surface area (Å²) in [4.78, 5) is 11.8. The number of carbonyl (C=O) groups is 1. The smallest absolute Gasteiger partial charge is 0.306 e. The highest BCUT2D eigenvalue weighted by Crippen LogP contribution is 2.23. The molecule has 108 valence electrons. The summed E-state index contributed by atoms with van der Waals surface area (Å²) in [7, 11) is 0. The van der Waals surface area contributed by atoms with Crippen molar-refractivity contribution in [3.8, 4) is 0 Å². The average molecular weight is 280 g/mol. The maximum Gasteiger partial charge on any atom is 0.306 e. The maximum absolute atomic E-state index is 11.8. The zero-order valence-corrected chi connectivity index (χ0v) is 12.2. The average Bonchev–Trinajstić information content (AvgIpc) is 2.53. The van der Waals surface area contributed by atoms with Crippen LogP contribution in [0, 0.1) is 0 Å². The fraction of sp³-hybridized carbons (Fsp3) is 0.211. The molecular formula is C19H20O2. The molecule has 2 nitrogen and oxygen atoms in total. The fourth-order valence-corrected chi connectivity index (χ4v) is 2.19. The van der Waals surface area contributed by atoms with Crippen LogP contribution in [0.2, 0.25) is 0 Å². The van der Waals surface area contributed by atoms with Crippen molar-refractivity contribution in [3.05, 3.63) is 77.9 Å². The van der Waals surface area contributed by atoms with Crippen LogP contribution in [0.3, 0.4) is 0 Å². The monoisotopic (exact) mass is 280 g/mol. The summed E-state index contributed by atoms with van der Waals surface area (Å²) in [5.74, 6) is -0.130. The van der Waals surface area contributed by atoms with Crippen molar-refractivity contribution in [2.45, 2.75) is 19.3 Å². The van der Waals surface area contributed by atoms with E-state index >= 15 is 0 Å². The third-order valence-corrected chi connectivity index (χ3v) is 3.24. The fourth-order valence-electron chi connectivity index (χ4n) is 2.19. The highest BCUT2D eigenvalue weighted by atomic mass is 16.5. The third kappa shape index (κ3) is 4.92. The molecule has 0 aromatic heterocycles. The Morgan fingerprint density at radius 3 is 2.29 bits per heavy atom. The van der Waals surface area contributed by atoms with E-state index in [-0.39, 0.29) is 11.9 Å². The predicted octanol–water partition coefficient (Wildman–Crippen LogP) is 4.44. The van der Waals surface area contributed by atoms with E-state index in [0.29, 0.717) is 13.0 Å². The Morgan fingerprint density at radius 2 is 1.67 bits per heavy atom. The molecule has 0 bridgehead atoms. The van der Waals surface area contributed by atoms with Crippen LogP contribution in [0.25, 0.3) is 6.08 Å². The van der Waals surface area contributed by atoms with Gasteiger partial charge in [0, 0.05) is 5.92 Å². The van der Waals surface area contributed by atoms with E-state index in [0.717, 1.165) is 11.1 Å². The zero-order valence-electron chi connectivity index (χ0n) is 12.2. The van der Waals surface area contributed by atoms with Crippen molar-refractivity contribution in [1.82, 2.24) is 0 Å². The van der Waals surface area contributed by atoms with E-state index in [1.165, 1.54) is 0 Å². The largest absolute Gasteiger partial charge is 0.466 e. The highest BCUT2D eigenvalue weighted by Gasteiger charge is 2.13. The minimum atomic E-state index is -0.163. The Morgan fingerprint density at radius 1 is 1.05 bits per heavy atom. The van der Waals surface area contributed by atoms with E-state index in [1.807, 2.05) is 67.6 Å². The van der Waals surface area contributed by atoms with Crippen molar-refractivity contribution in [1.29, 1.82) is 0 Å². The molecule has 21 heavy (non-hydrogen) atoms. The number of benzene rings is 2. The number of hydrogen-bond donors (Lipinski definition) is 0. The van der Waals surface area contributed by atoms with Crippen molar-refractivity contribution in [2.24, 2.45) is 0 Å². The van der Waals surface area contributed by atoms with Gasteiger partial charge in [-0.25, -0.2) is 0 Å². The number of ether oxygens (including phenoxy) is 1. The van der Waals surface area contributed by atoms with Gasteiger partial charge in [0.15, 0.2) is 0 Å². The van der Waals surface area contributed by atoms with Gasteiger partial charge in [0.1, 0.15) is 0 Å². The number of allylic oxidation sites excluding steroid dienone is 1. The molecule has 0 saturated heterocycles. The van der Waals surface area contributed by atoms with Gasteiger partial charge in [-0.05, 0) is 18.1 Å². The van der Waals surface area contributed by atoms with Crippen LogP contribution in [-0.4, -0.2) is 12.6 Å². The minimum absolute atomic E-state index is 0.0328. The first-order valence-corrected chi connectivity index (χ1v) is 7.23. The van der Waals surface area contributed by atoms with E-state index in [1.54, 1.807) is 0 Å². The lowest BCUT2D eigenvalue weighted by atomic mass is 9.94. The second kappa shape index (κ2) is 8.05. The molecule has 0 saturated carbocycles. The van der Waals surface area contributed by atoms with Crippen LogP contribution in [0.4, 0.5) is 0 Å². The molecule has 0 spiro atoms. The molecule has 0 fully saturated rings. The maximum atomic E-state index is 11.8. The number of rotatable bonds is 6. The highest BCUT2D eigenvalue weighted by molar-refractivity contribution is 5.71. The Bertz CT molecular complexity index is 573. The van der Waals surface area contributed by atoms with Gasteiger partial charge in [0.25, 0.3) is 0 Å². The van der Waals surface area contributed by atoms with Crippen molar-refractivity contribution < 1.29 is 9.53 Å². The standard InChI is InChI=1S/C19H20O2/c1-2-21-19(20)15-18(17-11-7-4-8-12-17)14-13-16-9-5-3-6-10-16/h3-14,18H,2,15H2,1H3/b14-13+. The lowest BCUT2D eigenvalue weighted by Gasteiger charge is -2.12. The van der Waals surface area contributed by atoms with Crippen LogP contribution in [0.1, 0.15) is 30.4 Å². The summed E-state index contributed by atoms with van der Waals surface area (Å²) < 4.78 is 5.07. The summed E-state index contributed by atoms with van der Waals surface area (Å²) >= 11 is 0. The van der Waals surface area contributed by atoms with E-state index in [9.17, 15) is 4.79 Å². The van der Waals surface area contributed by atoms with Crippen molar-refractivity contribution in [3.63, 3.8) is 0 Å². The lowest BCUT2D eigenvalue weighted by molar-refractivity contribution is -0.143. The summed E-state index contributed by atoms with van der Waals surface area (Å²) in [6, 6.07) is 20.1. The van der Waals surface area contributed by atoms with Crippen LogP contribution < -0.4 is 0 Å². The van der Waals surface area contributed by atoms with Gasteiger partial charge in [0.2, 0.25) is 0 Å². The number of hydrogen-bond acceptors (Lipinski definition) is 2. The first-order valence-electron chi connectivity index (χ1n) is 7.23. The molecule has 2 aromatic carbocycles. The minimum Gasteiger partial charge on any atom is -0.466 e. The molecule has 0 radical (unpaired) electrons. The SMILES string of the molecule is CCOC(=O)CC(/C=C/c1ccccc1)c1ccccc1. The van der Waals surface area contributed by atoms with Gasteiger partial charge in [0.05, 0.1) is 13.0 Å². The second-order valence-corrected chi connectivity index (χ2v) is 4.80. The first kappa shape index (κ1) is 15.0.